The maximum Gasteiger partial charge on any atom is 0.229 e. The Hall–Kier alpha value is -0.720. The van der Waals surface area contributed by atoms with E-state index >= 15 is 0 Å². The summed E-state index contributed by atoms with van der Waals surface area (Å²) in [6.07, 6.45) is 3.38. The minimum atomic E-state index is -0.0708. The molecule has 2 aliphatic rings. The van der Waals surface area contributed by atoms with Crippen LogP contribution in [0.3, 0.4) is 0 Å². The van der Waals surface area contributed by atoms with Crippen LogP contribution in [0.2, 0.25) is 5.02 Å². The van der Waals surface area contributed by atoms with Crippen LogP contribution in [0.4, 0.5) is 5.69 Å². The number of nitrogens with two attached hydrogens (primary N) is 1. The number of carbonyl (C=O) groups excluding carboxylic acids is 1. The normalized spacial score (nSPS) is 26.2. The van der Waals surface area contributed by atoms with Crippen molar-refractivity contribution in [2.24, 2.45) is 23.5 Å². The lowest BCUT2D eigenvalue weighted by Crippen LogP contribution is -2.42. The van der Waals surface area contributed by atoms with Gasteiger partial charge in [0.2, 0.25) is 5.91 Å². The quantitative estimate of drug-likeness (QED) is 0.734. The molecule has 2 fully saturated rings. The van der Waals surface area contributed by atoms with Crippen LogP contribution in [-0.4, -0.2) is 44.1 Å². The van der Waals surface area contributed by atoms with E-state index < -0.39 is 0 Å². The third-order valence-corrected chi connectivity index (χ3v) is 5.57. The summed E-state index contributed by atoms with van der Waals surface area (Å²) in [6, 6.07) is 5.36. The molecule has 1 aromatic carbocycles. The number of rotatable bonds is 6. The van der Waals surface area contributed by atoms with Gasteiger partial charge < -0.3 is 20.7 Å². The summed E-state index contributed by atoms with van der Waals surface area (Å²) in [6.45, 7) is 1.38. The number of halogens is 3. The van der Waals surface area contributed by atoms with Gasteiger partial charge in [-0.15, -0.1) is 24.8 Å². The highest BCUT2D eigenvalue weighted by Crippen LogP contribution is 2.48. The molecule has 0 aliphatic heterocycles. The summed E-state index contributed by atoms with van der Waals surface area (Å²) < 4.78 is 5.66. The molecule has 0 radical (unpaired) electrons. The van der Waals surface area contributed by atoms with Gasteiger partial charge in [-0.3, -0.25) is 4.79 Å². The first-order valence-corrected chi connectivity index (χ1v) is 8.97. The smallest absolute Gasteiger partial charge is 0.229 e. The second kappa shape index (κ2) is 10.00. The SMILES string of the molecule is CN(C)CCOc1ccc(NC(=O)C2C3CCC(C3)C2N)cc1Cl.Cl.Cl. The highest BCUT2D eigenvalue weighted by molar-refractivity contribution is 6.32. The first kappa shape index (κ1) is 23.3. The zero-order valence-corrected chi connectivity index (χ0v) is 17.5. The van der Waals surface area contributed by atoms with Gasteiger partial charge in [-0.05, 0) is 63.4 Å². The monoisotopic (exact) mass is 423 g/mol. The van der Waals surface area contributed by atoms with Crippen molar-refractivity contribution in [3.63, 3.8) is 0 Å². The minimum absolute atomic E-state index is 0. The predicted octanol–water partition coefficient (Wildman–Crippen LogP) is 3.44. The zero-order chi connectivity index (χ0) is 17.3. The van der Waals surface area contributed by atoms with Gasteiger partial charge in [0.05, 0.1) is 10.9 Å². The van der Waals surface area contributed by atoms with Gasteiger partial charge >= 0.3 is 0 Å². The van der Waals surface area contributed by atoms with Crippen molar-refractivity contribution in [3.05, 3.63) is 23.2 Å². The lowest BCUT2D eigenvalue weighted by molar-refractivity contribution is -0.121. The Morgan fingerprint density at radius 1 is 1.31 bits per heavy atom. The van der Waals surface area contributed by atoms with Crippen molar-refractivity contribution >= 4 is 48.0 Å². The molecule has 1 amide bonds. The largest absolute Gasteiger partial charge is 0.491 e. The average molecular weight is 425 g/mol. The van der Waals surface area contributed by atoms with Crippen LogP contribution >= 0.6 is 36.4 Å². The predicted molar refractivity (Wildman–Crippen MR) is 111 cm³/mol. The first-order valence-electron chi connectivity index (χ1n) is 8.59. The van der Waals surface area contributed by atoms with E-state index in [2.05, 4.69) is 5.32 Å². The van der Waals surface area contributed by atoms with E-state index in [9.17, 15) is 4.79 Å². The molecule has 1 aromatic rings. The highest BCUT2D eigenvalue weighted by atomic mass is 35.5. The van der Waals surface area contributed by atoms with E-state index in [4.69, 9.17) is 22.1 Å². The molecule has 0 spiro atoms. The van der Waals surface area contributed by atoms with Gasteiger partial charge in [0, 0.05) is 18.3 Å². The molecule has 2 aliphatic carbocycles. The standard InChI is InChI=1S/C18H26ClN3O2.2ClH/c1-22(2)7-8-24-15-6-5-13(10-14(15)19)21-18(23)16-11-3-4-12(9-11)17(16)20;;/h5-6,10-12,16-17H,3-4,7-9,20H2,1-2H3,(H,21,23);2*1H. The van der Waals surface area contributed by atoms with Gasteiger partial charge in [-0.25, -0.2) is 0 Å². The molecule has 4 unspecified atom stereocenters. The van der Waals surface area contributed by atoms with E-state index in [1.165, 1.54) is 6.42 Å². The molecule has 0 heterocycles. The Morgan fingerprint density at radius 3 is 2.58 bits per heavy atom. The fourth-order valence-electron chi connectivity index (χ4n) is 3.98. The number of anilines is 1. The summed E-state index contributed by atoms with van der Waals surface area (Å²) >= 11 is 6.26. The van der Waals surface area contributed by atoms with Crippen LogP contribution in [0.15, 0.2) is 18.2 Å². The number of hydrogen-bond acceptors (Lipinski definition) is 4. The maximum atomic E-state index is 12.6. The third-order valence-electron chi connectivity index (χ3n) is 5.28. The lowest BCUT2D eigenvalue weighted by Gasteiger charge is -2.27. The number of hydrogen-bond donors (Lipinski definition) is 2. The molecule has 5 nitrogen and oxygen atoms in total. The van der Waals surface area contributed by atoms with Crippen molar-refractivity contribution in [3.8, 4) is 5.75 Å². The van der Waals surface area contributed by atoms with Crippen molar-refractivity contribution in [1.29, 1.82) is 0 Å². The molecule has 26 heavy (non-hydrogen) atoms. The number of likely N-dealkylation sites (N-methyl/N-ethyl adjacent to an activating group) is 1. The topological polar surface area (TPSA) is 67.6 Å². The van der Waals surface area contributed by atoms with Crippen LogP contribution in [0.1, 0.15) is 19.3 Å². The molecule has 148 valence electrons. The number of nitrogens with zero attached hydrogens (tertiary/aromatic N) is 1. The van der Waals surface area contributed by atoms with Crippen molar-refractivity contribution < 1.29 is 9.53 Å². The molecule has 2 bridgehead atoms. The molecule has 3 N–H and O–H groups in total. The van der Waals surface area contributed by atoms with Crippen LogP contribution in [0.5, 0.6) is 5.75 Å². The average Bonchev–Trinajstić information content (AvgIpc) is 3.10. The molecule has 3 rings (SSSR count). The minimum Gasteiger partial charge on any atom is -0.491 e. The number of carbonyl (C=O) groups is 1. The van der Waals surface area contributed by atoms with E-state index in [1.807, 2.05) is 25.1 Å². The number of ether oxygens (including phenoxy) is 1. The van der Waals surface area contributed by atoms with E-state index in [-0.39, 0.29) is 42.7 Å². The number of amides is 1. The summed E-state index contributed by atoms with van der Waals surface area (Å²) in [7, 11) is 3.98. The molecule has 8 heteroatoms. The van der Waals surface area contributed by atoms with Crippen molar-refractivity contribution in [2.45, 2.75) is 25.3 Å². The Bertz CT molecular complexity index is 613. The third kappa shape index (κ3) is 5.17. The second-order valence-corrected chi connectivity index (χ2v) is 7.63. The van der Waals surface area contributed by atoms with Crippen LogP contribution in [0, 0.1) is 17.8 Å². The Morgan fingerprint density at radius 2 is 2.00 bits per heavy atom. The van der Waals surface area contributed by atoms with Gasteiger partial charge in [0.1, 0.15) is 12.4 Å². The number of fused-ring (bicyclic) bond motifs is 2. The van der Waals surface area contributed by atoms with Gasteiger partial charge in [0.25, 0.3) is 0 Å². The summed E-state index contributed by atoms with van der Waals surface area (Å²) in [5, 5.41) is 3.48. The Kier molecular flexibility index (Phi) is 8.97. The lowest BCUT2D eigenvalue weighted by atomic mass is 9.84. The van der Waals surface area contributed by atoms with E-state index in [1.54, 1.807) is 12.1 Å². The van der Waals surface area contributed by atoms with Crippen molar-refractivity contribution in [1.82, 2.24) is 4.90 Å². The molecule has 0 aromatic heterocycles. The van der Waals surface area contributed by atoms with E-state index in [0.29, 0.717) is 34.9 Å². The van der Waals surface area contributed by atoms with Crippen LogP contribution in [-0.2, 0) is 4.79 Å². The fourth-order valence-corrected chi connectivity index (χ4v) is 4.22. The summed E-state index contributed by atoms with van der Waals surface area (Å²) in [4.78, 5) is 14.6. The maximum absolute atomic E-state index is 12.6. The summed E-state index contributed by atoms with van der Waals surface area (Å²) in [5.41, 5.74) is 6.94. The van der Waals surface area contributed by atoms with Crippen LogP contribution < -0.4 is 15.8 Å². The Labute approximate surface area is 172 Å². The van der Waals surface area contributed by atoms with Gasteiger partial charge in [0.15, 0.2) is 0 Å². The van der Waals surface area contributed by atoms with Gasteiger partial charge in [-0.1, -0.05) is 11.6 Å². The molecular formula is C18H28Cl3N3O2. The van der Waals surface area contributed by atoms with Crippen LogP contribution in [0.25, 0.3) is 0 Å². The fraction of sp³-hybridized carbons (Fsp3) is 0.611. The number of benzene rings is 1. The Balaban J connectivity index is 0.00000169. The zero-order valence-electron chi connectivity index (χ0n) is 15.1. The summed E-state index contributed by atoms with van der Waals surface area (Å²) in [5.74, 6) is 1.54. The van der Waals surface area contributed by atoms with Crippen molar-refractivity contribution in [2.75, 3.05) is 32.6 Å². The molecule has 0 saturated heterocycles. The molecular weight excluding hydrogens is 397 g/mol. The highest BCUT2D eigenvalue weighted by Gasteiger charge is 2.49. The number of nitrogens with one attached hydrogen (secondary N) is 1. The van der Waals surface area contributed by atoms with Gasteiger partial charge in [-0.2, -0.15) is 0 Å². The molecule has 4 atom stereocenters. The second-order valence-electron chi connectivity index (χ2n) is 7.22. The molecule has 2 saturated carbocycles. The van der Waals surface area contributed by atoms with E-state index in [0.717, 1.165) is 19.4 Å². The first-order chi connectivity index (χ1) is 11.5.